The maximum absolute atomic E-state index is 12.4. The largest absolute Gasteiger partial charge is 0.459 e. The predicted octanol–water partition coefficient (Wildman–Crippen LogP) is 3.34. The van der Waals surface area contributed by atoms with Gasteiger partial charge in [0.15, 0.2) is 12.4 Å². The zero-order valence-corrected chi connectivity index (χ0v) is 17.3. The van der Waals surface area contributed by atoms with E-state index >= 15 is 0 Å². The van der Waals surface area contributed by atoms with Crippen molar-refractivity contribution in [3.8, 4) is 0 Å². The van der Waals surface area contributed by atoms with Crippen LogP contribution < -0.4 is 10.6 Å². The van der Waals surface area contributed by atoms with Crippen molar-refractivity contribution in [2.24, 2.45) is 5.92 Å². The van der Waals surface area contributed by atoms with Crippen LogP contribution in [0.5, 0.6) is 0 Å². The quantitative estimate of drug-likeness (QED) is 0.629. The molecular weight excluding hydrogens is 372 g/mol. The van der Waals surface area contributed by atoms with Crippen LogP contribution in [-0.4, -0.2) is 30.4 Å². The van der Waals surface area contributed by atoms with E-state index in [2.05, 4.69) is 10.6 Å². The number of furan rings is 1. The number of carbonyl (C=O) groups is 3. The summed E-state index contributed by atoms with van der Waals surface area (Å²) in [7, 11) is 0. The minimum absolute atomic E-state index is 0.101. The Balaban J connectivity index is 1.97. The highest BCUT2D eigenvalue weighted by Gasteiger charge is 2.27. The highest BCUT2D eigenvalue weighted by atomic mass is 16.5. The molecule has 1 atom stereocenters. The predicted molar refractivity (Wildman–Crippen MR) is 110 cm³/mol. The van der Waals surface area contributed by atoms with Crippen molar-refractivity contribution >= 4 is 23.5 Å². The van der Waals surface area contributed by atoms with Gasteiger partial charge in [-0.15, -0.1) is 0 Å². The van der Waals surface area contributed by atoms with E-state index in [9.17, 15) is 14.4 Å². The topological polar surface area (TPSA) is 97.6 Å². The van der Waals surface area contributed by atoms with Gasteiger partial charge in [-0.1, -0.05) is 45.9 Å². The fraction of sp³-hybridized carbons (Fsp3) is 0.409. The van der Waals surface area contributed by atoms with Crippen LogP contribution >= 0.6 is 0 Å². The lowest BCUT2D eigenvalue weighted by molar-refractivity contribution is -0.150. The molecule has 0 aliphatic carbocycles. The number of rotatable bonds is 9. The van der Waals surface area contributed by atoms with Gasteiger partial charge in [-0.3, -0.25) is 9.59 Å². The van der Waals surface area contributed by atoms with Crippen molar-refractivity contribution in [2.45, 2.75) is 46.6 Å². The van der Waals surface area contributed by atoms with E-state index in [0.717, 1.165) is 29.7 Å². The Bertz CT molecular complexity index is 821. The number of para-hydroxylation sites is 1. The molecule has 0 unspecified atom stereocenters. The maximum atomic E-state index is 12.4. The Kier molecular flexibility index (Phi) is 8.00. The van der Waals surface area contributed by atoms with E-state index in [4.69, 9.17) is 9.15 Å². The fourth-order valence-corrected chi connectivity index (χ4v) is 2.92. The molecule has 7 nitrogen and oxygen atoms in total. The van der Waals surface area contributed by atoms with Gasteiger partial charge in [-0.25, -0.2) is 4.79 Å². The van der Waals surface area contributed by atoms with Crippen molar-refractivity contribution in [3.05, 3.63) is 53.5 Å². The summed E-state index contributed by atoms with van der Waals surface area (Å²) in [5.74, 6) is -1.73. The molecule has 0 radical (unpaired) electrons. The van der Waals surface area contributed by atoms with Crippen LogP contribution in [0, 0.1) is 5.92 Å². The van der Waals surface area contributed by atoms with E-state index < -0.39 is 30.4 Å². The van der Waals surface area contributed by atoms with Gasteiger partial charge in [0, 0.05) is 5.69 Å². The summed E-state index contributed by atoms with van der Waals surface area (Å²) >= 11 is 0. The molecule has 0 bridgehead atoms. The van der Waals surface area contributed by atoms with Crippen LogP contribution in [0.3, 0.4) is 0 Å². The molecule has 2 aromatic rings. The molecule has 2 rings (SSSR count). The van der Waals surface area contributed by atoms with Gasteiger partial charge in [0.25, 0.3) is 11.8 Å². The Labute approximate surface area is 170 Å². The molecule has 0 saturated heterocycles. The van der Waals surface area contributed by atoms with Gasteiger partial charge in [0.2, 0.25) is 0 Å². The number of amides is 2. The van der Waals surface area contributed by atoms with Crippen LogP contribution in [0.4, 0.5) is 5.69 Å². The first kappa shape index (κ1) is 22.2. The second-order valence-electron chi connectivity index (χ2n) is 6.99. The highest BCUT2D eigenvalue weighted by molar-refractivity contribution is 5.96. The molecule has 1 aromatic heterocycles. The number of benzene rings is 1. The number of nitrogens with one attached hydrogen (secondary N) is 2. The van der Waals surface area contributed by atoms with Crippen molar-refractivity contribution in [1.82, 2.24) is 5.32 Å². The lowest BCUT2D eigenvalue weighted by atomic mass is 10.0. The number of aryl methyl sites for hydroxylation is 2. The van der Waals surface area contributed by atoms with Gasteiger partial charge in [-0.05, 0) is 42.0 Å². The van der Waals surface area contributed by atoms with E-state index in [1.165, 1.54) is 12.3 Å². The lowest BCUT2D eigenvalue weighted by Gasteiger charge is -2.20. The average molecular weight is 400 g/mol. The molecule has 29 heavy (non-hydrogen) atoms. The molecule has 156 valence electrons. The van der Waals surface area contributed by atoms with Gasteiger partial charge < -0.3 is 19.8 Å². The van der Waals surface area contributed by atoms with Crippen molar-refractivity contribution in [2.75, 3.05) is 11.9 Å². The summed E-state index contributed by atoms with van der Waals surface area (Å²) < 4.78 is 10.2. The van der Waals surface area contributed by atoms with Crippen LogP contribution in [0.1, 0.15) is 49.4 Å². The minimum atomic E-state index is -0.894. The average Bonchev–Trinajstić information content (AvgIpc) is 3.25. The third-order valence-corrected chi connectivity index (χ3v) is 4.56. The molecule has 0 saturated carbocycles. The second-order valence-corrected chi connectivity index (χ2v) is 6.99. The molecule has 2 N–H and O–H groups in total. The van der Waals surface area contributed by atoms with Crippen LogP contribution in [-0.2, 0) is 27.2 Å². The van der Waals surface area contributed by atoms with E-state index in [0.29, 0.717) is 0 Å². The van der Waals surface area contributed by atoms with Crippen LogP contribution in [0.25, 0.3) is 0 Å². The zero-order valence-electron chi connectivity index (χ0n) is 17.3. The summed E-state index contributed by atoms with van der Waals surface area (Å²) in [6, 6.07) is 8.07. The molecule has 2 amide bonds. The number of hydrogen-bond donors (Lipinski definition) is 2. The monoisotopic (exact) mass is 400 g/mol. The second kappa shape index (κ2) is 10.5. The SMILES string of the molecule is CCc1cccc(CC)c1NC(=O)COC(=O)[C@@H](NC(=O)c1ccco1)C(C)C. The molecular formula is C22H28N2O5. The summed E-state index contributed by atoms with van der Waals surface area (Å²) in [5, 5.41) is 5.44. The molecule has 7 heteroatoms. The number of esters is 1. The van der Waals surface area contributed by atoms with Gasteiger partial charge in [0.05, 0.1) is 6.26 Å². The number of ether oxygens (including phenoxy) is 1. The van der Waals surface area contributed by atoms with E-state index in [1.807, 2.05) is 32.0 Å². The molecule has 0 aliphatic rings. The maximum Gasteiger partial charge on any atom is 0.329 e. The summed E-state index contributed by atoms with van der Waals surface area (Å²) in [5.41, 5.74) is 2.81. The third kappa shape index (κ3) is 5.94. The first-order valence-corrected chi connectivity index (χ1v) is 9.78. The smallest absolute Gasteiger partial charge is 0.329 e. The molecule has 0 aliphatic heterocycles. The molecule has 1 aromatic carbocycles. The van der Waals surface area contributed by atoms with Crippen LogP contribution in [0.2, 0.25) is 0 Å². The normalized spacial score (nSPS) is 11.8. The minimum Gasteiger partial charge on any atom is -0.459 e. The van der Waals surface area contributed by atoms with E-state index in [-0.39, 0.29) is 11.7 Å². The van der Waals surface area contributed by atoms with Crippen molar-refractivity contribution in [3.63, 3.8) is 0 Å². The van der Waals surface area contributed by atoms with E-state index in [1.54, 1.807) is 19.9 Å². The number of hydrogen-bond acceptors (Lipinski definition) is 5. The summed E-state index contributed by atoms with van der Waals surface area (Å²) in [4.78, 5) is 37.0. The Hall–Kier alpha value is -3.09. The Morgan fingerprint density at radius 2 is 1.69 bits per heavy atom. The van der Waals surface area contributed by atoms with Gasteiger partial charge >= 0.3 is 5.97 Å². The van der Waals surface area contributed by atoms with Gasteiger partial charge in [0.1, 0.15) is 6.04 Å². The Morgan fingerprint density at radius 1 is 1.03 bits per heavy atom. The number of carbonyl (C=O) groups excluding carboxylic acids is 3. The highest BCUT2D eigenvalue weighted by Crippen LogP contribution is 2.22. The van der Waals surface area contributed by atoms with Gasteiger partial charge in [-0.2, -0.15) is 0 Å². The lowest BCUT2D eigenvalue weighted by Crippen LogP contribution is -2.45. The first-order valence-electron chi connectivity index (χ1n) is 9.78. The van der Waals surface area contributed by atoms with Crippen molar-refractivity contribution in [1.29, 1.82) is 0 Å². The summed E-state index contributed by atoms with van der Waals surface area (Å²) in [6.45, 7) is 7.15. The molecule has 0 spiro atoms. The van der Waals surface area contributed by atoms with Crippen molar-refractivity contribution < 1.29 is 23.5 Å². The molecule has 0 fully saturated rings. The Morgan fingerprint density at radius 3 is 2.21 bits per heavy atom. The molecule has 1 heterocycles. The zero-order chi connectivity index (χ0) is 21.4. The summed E-state index contributed by atoms with van der Waals surface area (Å²) in [6.07, 6.45) is 2.93. The fourth-order valence-electron chi connectivity index (χ4n) is 2.92. The third-order valence-electron chi connectivity index (χ3n) is 4.56. The first-order chi connectivity index (χ1) is 13.9. The number of anilines is 1. The van der Waals surface area contributed by atoms with Crippen LogP contribution in [0.15, 0.2) is 41.0 Å². The standard InChI is InChI=1S/C22H28N2O5/c1-5-15-9-7-10-16(6-2)20(15)23-18(25)13-29-22(27)19(14(3)4)24-21(26)17-11-8-12-28-17/h7-12,14,19H,5-6,13H2,1-4H3,(H,23,25)(H,24,26)/t19-/m0/s1.